The fourth-order valence-corrected chi connectivity index (χ4v) is 2.21. The maximum Gasteiger partial charge on any atom is 0.387 e. The van der Waals surface area contributed by atoms with E-state index in [1.54, 1.807) is 0 Å². The highest BCUT2D eigenvalue weighted by atomic mass is 19.3. The Hall–Kier alpha value is -2.18. The van der Waals surface area contributed by atoms with Crippen LogP contribution in [0.25, 0.3) is 0 Å². The van der Waals surface area contributed by atoms with Gasteiger partial charge in [-0.05, 0) is 30.0 Å². The normalized spacial score (nSPS) is 15.1. The second-order valence-electron chi connectivity index (χ2n) is 5.45. The number of benzene rings is 1. The third kappa shape index (κ3) is 5.50. The summed E-state index contributed by atoms with van der Waals surface area (Å²) in [5, 5.41) is 2.62. The largest absolute Gasteiger partial charge is 0.467 e. The van der Waals surface area contributed by atoms with Crippen LogP contribution in [-0.2, 0) is 14.3 Å². The van der Waals surface area contributed by atoms with Gasteiger partial charge in [0, 0.05) is 6.42 Å². The molecular formula is C16H19F2NO4. The summed E-state index contributed by atoms with van der Waals surface area (Å²) in [5.41, 5.74) is 0.443. The SMILES string of the molecule is COC(=O)[C@H](NC(=O)CCC1CC1)c1ccc(OC(F)F)cc1. The smallest absolute Gasteiger partial charge is 0.387 e. The number of halogens is 2. The molecule has 1 aromatic rings. The Kier molecular flexibility index (Phi) is 5.90. The molecule has 0 heterocycles. The van der Waals surface area contributed by atoms with Crippen LogP contribution in [0.4, 0.5) is 8.78 Å². The van der Waals surface area contributed by atoms with Gasteiger partial charge in [-0.1, -0.05) is 25.0 Å². The van der Waals surface area contributed by atoms with Gasteiger partial charge in [-0.25, -0.2) is 4.79 Å². The van der Waals surface area contributed by atoms with Crippen molar-refractivity contribution < 1.29 is 27.8 Å². The summed E-state index contributed by atoms with van der Waals surface area (Å²) in [6.45, 7) is -2.92. The highest BCUT2D eigenvalue weighted by Gasteiger charge is 2.26. The standard InChI is InChI=1S/C16H19F2NO4/c1-22-15(21)14(19-13(20)9-4-10-2-3-10)11-5-7-12(8-6-11)23-16(17)18/h5-8,10,14,16H,2-4,9H2,1H3,(H,19,20)/t14-/m1/s1. The molecule has 1 fully saturated rings. The van der Waals surface area contributed by atoms with E-state index in [9.17, 15) is 18.4 Å². The van der Waals surface area contributed by atoms with E-state index in [-0.39, 0.29) is 11.7 Å². The minimum absolute atomic E-state index is 0.0209. The number of amides is 1. The van der Waals surface area contributed by atoms with E-state index in [1.807, 2.05) is 0 Å². The summed E-state index contributed by atoms with van der Waals surface area (Å²) in [4.78, 5) is 23.8. The predicted octanol–water partition coefficient (Wildman–Crippen LogP) is 2.81. The van der Waals surface area contributed by atoms with Gasteiger partial charge in [0.2, 0.25) is 5.91 Å². The van der Waals surface area contributed by atoms with Gasteiger partial charge in [-0.3, -0.25) is 4.79 Å². The molecule has 1 aliphatic rings. The third-order valence-corrected chi connectivity index (χ3v) is 3.66. The van der Waals surface area contributed by atoms with Crippen molar-refractivity contribution in [3.05, 3.63) is 29.8 Å². The van der Waals surface area contributed by atoms with Gasteiger partial charge in [-0.2, -0.15) is 8.78 Å². The van der Waals surface area contributed by atoms with Gasteiger partial charge in [0.25, 0.3) is 0 Å². The minimum atomic E-state index is -2.92. The van der Waals surface area contributed by atoms with Gasteiger partial charge in [-0.15, -0.1) is 0 Å². The Morgan fingerprint density at radius 2 is 1.91 bits per heavy atom. The first-order chi connectivity index (χ1) is 11.0. The molecule has 23 heavy (non-hydrogen) atoms. The number of rotatable bonds is 8. The van der Waals surface area contributed by atoms with Gasteiger partial charge >= 0.3 is 12.6 Å². The van der Waals surface area contributed by atoms with E-state index in [2.05, 4.69) is 10.1 Å². The zero-order valence-corrected chi connectivity index (χ0v) is 12.8. The number of hydrogen-bond acceptors (Lipinski definition) is 4. The van der Waals surface area contributed by atoms with Gasteiger partial charge < -0.3 is 14.8 Å². The number of carbonyl (C=O) groups excluding carboxylic acids is 2. The summed E-state index contributed by atoms with van der Waals surface area (Å²) in [6, 6.07) is 4.55. The lowest BCUT2D eigenvalue weighted by Crippen LogP contribution is -2.34. The van der Waals surface area contributed by atoms with E-state index in [4.69, 9.17) is 4.74 Å². The number of nitrogens with one attached hydrogen (secondary N) is 1. The highest BCUT2D eigenvalue weighted by molar-refractivity contribution is 5.85. The average Bonchev–Trinajstić information content (AvgIpc) is 3.34. The quantitative estimate of drug-likeness (QED) is 0.746. The number of methoxy groups -OCH3 is 1. The summed E-state index contributed by atoms with van der Waals surface area (Å²) < 4.78 is 33.2. The van der Waals surface area contributed by atoms with Crippen LogP contribution in [-0.4, -0.2) is 25.6 Å². The van der Waals surface area contributed by atoms with Gasteiger partial charge in [0.05, 0.1) is 7.11 Å². The molecule has 1 N–H and O–H groups in total. The first-order valence-electron chi connectivity index (χ1n) is 7.41. The number of esters is 1. The first kappa shape index (κ1) is 17.2. The minimum Gasteiger partial charge on any atom is -0.467 e. The zero-order chi connectivity index (χ0) is 16.8. The lowest BCUT2D eigenvalue weighted by molar-refractivity contribution is -0.145. The number of hydrogen-bond donors (Lipinski definition) is 1. The van der Waals surface area contributed by atoms with Crippen molar-refractivity contribution in [3.8, 4) is 5.75 Å². The monoisotopic (exact) mass is 327 g/mol. The van der Waals surface area contributed by atoms with E-state index in [0.29, 0.717) is 17.9 Å². The fraction of sp³-hybridized carbons (Fsp3) is 0.500. The van der Waals surface area contributed by atoms with E-state index < -0.39 is 18.6 Å². The van der Waals surface area contributed by atoms with Gasteiger partial charge in [0.15, 0.2) is 6.04 Å². The van der Waals surface area contributed by atoms with Crippen LogP contribution in [0.3, 0.4) is 0 Å². The molecule has 1 aromatic carbocycles. The molecule has 7 heteroatoms. The molecule has 1 amide bonds. The molecule has 0 saturated heterocycles. The van der Waals surface area contributed by atoms with Crippen LogP contribution in [0, 0.1) is 5.92 Å². The Labute approximate surface area is 133 Å². The van der Waals surface area contributed by atoms with E-state index in [1.165, 1.54) is 31.4 Å². The van der Waals surface area contributed by atoms with Crippen LogP contribution in [0.5, 0.6) is 5.75 Å². The van der Waals surface area contributed by atoms with Crippen molar-refractivity contribution in [2.75, 3.05) is 7.11 Å². The predicted molar refractivity (Wildman–Crippen MR) is 77.9 cm³/mol. The van der Waals surface area contributed by atoms with E-state index in [0.717, 1.165) is 19.3 Å². The topological polar surface area (TPSA) is 64.6 Å². The molecule has 1 atom stereocenters. The maximum atomic E-state index is 12.1. The maximum absolute atomic E-state index is 12.1. The molecule has 0 radical (unpaired) electrons. The first-order valence-corrected chi connectivity index (χ1v) is 7.41. The summed E-state index contributed by atoms with van der Waals surface area (Å²) in [5.74, 6) is -0.261. The number of alkyl halides is 2. The molecule has 0 aromatic heterocycles. The second-order valence-corrected chi connectivity index (χ2v) is 5.45. The lowest BCUT2D eigenvalue weighted by Gasteiger charge is -2.17. The highest BCUT2D eigenvalue weighted by Crippen LogP contribution is 2.33. The van der Waals surface area contributed by atoms with E-state index >= 15 is 0 Å². The summed E-state index contributed by atoms with van der Waals surface area (Å²) >= 11 is 0. The molecule has 1 aliphatic carbocycles. The second kappa shape index (κ2) is 7.89. The zero-order valence-electron chi connectivity index (χ0n) is 12.8. The van der Waals surface area contributed by atoms with Crippen molar-refractivity contribution in [2.24, 2.45) is 5.92 Å². The van der Waals surface area contributed by atoms with Crippen molar-refractivity contribution >= 4 is 11.9 Å². The van der Waals surface area contributed by atoms with Crippen molar-refractivity contribution in [2.45, 2.75) is 38.3 Å². The molecule has 0 aliphatic heterocycles. The average molecular weight is 327 g/mol. The van der Waals surface area contributed by atoms with Crippen LogP contribution >= 0.6 is 0 Å². The van der Waals surface area contributed by atoms with Crippen molar-refractivity contribution in [1.29, 1.82) is 0 Å². The fourth-order valence-electron chi connectivity index (χ4n) is 2.21. The molecule has 2 rings (SSSR count). The lowest BCUT2D eigenvalue weighted by atomic mass is 10.1. The summed E-state index contributed by atoms with van der Waals surface area (Å²) in [6.07, 6.45) is 3.46. The molecule has 0 spiro atoms. The third-order valence-electron chi connectivity index (χ3n) is 3.66. The molecule has 5 nitrogen and oxygen atoms in total. The Balaban J connectivity index is 2.01. The summed E-state index contributed by atoms with van der Waals surface area (Å²) in [7, 11) is 1.22. The Bertz CT molecular complexity index is 544. The Morgan fingerprint density at radius 1 is 1.26 bits per heavy atom. The Morgan fingerprint density at radius 3 is 2.43 bits per heavy atom. The number of carbonyl (C=O) groups is 2. The molecule has 1 saturated carbocycles. The van der Waals surface area contributed by atoms with Crippen molar-refractivity contribution in [3.63, 3.8) is 0 Å². The van der Waals surface area contributed by atoms with Crippen LogP contribution in [0.2, 0.25) is 0 Å². The molecule has 126 valence electrons. The van der Waals surface area contributed by atoms with Crippen LogP contribution in [0.1, 0.15) is 37.3 Å². The molecular weight excluding hydrogens is 308 g/mol. The van der Waals surface area contributed by atoms with Crippen LogP contribution in [0.15, 0.2) is 24.3 Å². The molecule has 0 bridgehead atoms. The van der Waals surface area contributed by atoms with Crippen molar-refractivity contribution in [1.82, 2.24) is 5.32 Å². The van der Waals surface area contributed by atoms with Crippen LogP contribution < -0.4 is 10.1 Å². The molecule has 0 unspecified atom stereocenters. The van der Waals surface area contributed by atoms with Gasteiger partial charge in [0.1, 0.15) is 5.75 Å². The number of ether oxygens (including phenoxy) is 2.